The molecule has 3 rings (SSSR count). The van der Waals surface area contributed by atoms with Crippen LogP contribution in [0.25, 0.3) is 10.2 Å². The number of rotatable bonds is 9. The summed E-state index contributed by atoms with van der Waals surface area (Å²) in [5, 5.41) is 0.908. The van der Waals surface area contributed by atoms with Crippen molar-refractivity contribution in [2.45, 2.75) is 26.4 Å². The van der Waals surface area contributed by atoms with Gasteiger partial charge in [0.2, 0.25) is 0 Å². The van der Waals surface area contributed by atoms with E-state index in [1.54, 1.807) is 17.4 Å². The molecule has 30 heavy (non-hydrogen) atoms. The zero-order chi connectivity index (χ0) is 21.3. The van der Waals surface area contributed by atoms with E-state index in [2.05, 4.69) is 4.98 Å². The number of methoxy groups -OCH3 is 1. The highest BCUT2D eigenvalue weighted by Crippen LogP contribution is 2.22. The Kier molecular flexibility index (Phi) is 7.75. The monoisotopic (exact) mass is 428 g/mol. The van der Waals surface area contributed by atoms with E-state index in [1.165, 1.54) is 12.0 Å². The first-order chi connectivity index (χ1) is 14.6. The number of anilines is 1. The third-order valence-electron chi connectivity index (χ3n) is 4.39. The SMILES string of the molecule is COC(=O)N(COC(=O)CCCOCc1nc2ccccc2s1)c1ccccc1C. The number of esters is 1. The normalized spacial score (nSPS) is 10.7. The van der Waals surface area contributed by atoms with Crippen LogP contribution in [0.2, 0.25) is 0 Å². The molecule has 0 aliphatic heterocycles. The van der Waals surface area contributed by atoms with E-state index >= 15 is 0 Å². The standard InChI is InChI=1S/C22H24N2O5S/c1-16-8-3-5-10-18(16)24(22(26)27-2)15-29-21(25)12-7-13-28-14-20-23-17-9-4-6-11-19(17)30-20/h3-6,8-11H,7,12-15H2,1-2H3. The molecule has 0 N–H and O–H groups in total. The quantitative estimate of drug-likeness (QED) is 0.280. The number of carbonyl (C=O) groups excluding carboxylic acids is 2. The summed E-state index contributed by atoms with van der Waals surface area (Å²) >= 11 is 1.60. The number of benzene rings is 2. The molecule has 3 aromatic rings. The van der Waals surface area contributed by atoms with Crippen LogP contribution in [0, 0.1) is 6.92 Å². The third-order valence-corrected chi connectivity index (χ3v) is 5.40. The van der Waals surface area contributed by atoms with Crippen molar-refractivity contribution in [1.82, 2.24) is 4.98 Å². The van der Waals surface area contributed by atoms with Gasteiger partial charge in [0, 0.05) is 13.0 Å². The van der Waals surface area contributed by atoms with Gasteiger partial charge in [-0.3, -0.25) is 4.79 Å². The third kappa shape index (κ3) is 5.77. The molecule has 1 aromatic heterocycles. The molecule has 0 bridgehead atoms. The van der Waals surface area contributed by atoms with Crippen molar-refractivity contribution in [2.75, 3.05) is 25.3 Å². The Morgan fingerprint density at radius 3 is 2.63 bits per heavy atom. The molecule has 0 atom stereocenters. The average Bonchev–Trinajstić information content (AvgIpc) is 3.17. The van der Waals surface area contributed by atoms with Gasteiger partial charge in [0.25, 0.3) is 0 Å². The summed E-state index contributed by atoms with van der Waals surface area (Å²) in [6, 6.07) is 15.3. The lowest BCUT2D eigenvalue weighted by molar-refractivity contribution is -0.143. The number of aromatic nitrogens is 1. The van der Waals surface area contributed by atoms with E-state index in [1.807, 2.05) is 49.4 Å². The molecule has 1 heterocycles. The second-order valence-electron chi connectivity index (χ2n) is 6.56. The number of ether oxygens (including phenoxy) is 3. The van der Waals surface area contributed by atoms with Crippen LogP contribution in [-0.4, -0.2) is 37.5 Å². The summed E-state index contributed by atoms with van der Waals surface area (Å²) in [6.45, 7) is 2.50. The fraction of sp³-hybridized carbons (Fsp3) is 0.318. The molecule has 0 radical (unpaired) electrons. The largest absolute Gasteiger partial charge is 0.452 e. The summed E-state index contributed by atoms with van der Waals surface area (Å²) in [7, 11) is 1.29. The van der Waals surface area contributed by atoms with E-state index in [0.29, 0.717) is 25.3 Å². The molecular formula is C22H24N2O5S. The van der Waals surface area contributed by atoms with Crippen molar-refractivity contribution >= 4 is 39.3 Å². The Balaban J connectivity index is 1.40. The number of fused-ring (bicyclic) bond motifs is 1. The topological polar surface area (TPSA) is 78.0 Å². The summed E-state index contributed by atoms with van der Waals surface area (Å²) in [6.07, 6.45) is 0.130. The maximum atomic E-state index is 12.1. The number of hydrogen-bond acceptors (Lipinski definition) is 7. The number of nitrogens with zero attached hydrogens (tertiary/aromatic N) is 2. The van der Waals surface area contributed by atoms with Crippen LogP contribution in [-0.2, 0) is 25.6 Å². The summed E-state index contributed by atoms with van der Waals surface area (Å²) in [4.78, 5) is 29.9. The van der Waals surface area contributed by atoms with Crippen molar-refractivity contribution in [3.63, 3.8) is 0 Å². The molecule has 0 saturated carbocycles. The second kappa shape index (κ2) is 10.7. The maximum absolute atomic E-state index is 12.1. The smallest absolute Gasteiger partial charge is 0.416 e. The minimum Gasteiger partial charge on any atom is -0.452 e. The molecular weight excluding hydrogens is 404 g/mol. The molecule has 0 spiro atoms. The Labute approximate surface area is 179 Å². The van der Waals surface area contributed by atoms with Gasteiger partial charge in [-0.05, 0) is 37.1 Å². The van der Waals surface area contributed by atoms with Gasteiger partial charge in [-0.2, -0.15) is 0 Å². The predicted molar refractivity (Wildman–Crippen MR) is 116 cm³/mol. The number of amides is 1. The fourth-order valence-electron chi connectivity index (χ4n) is 2.87. The van der Waals surface area contributed by atoms with Crippen molar-refractivity contribution in [3.05, 3.63) is 59.1 Å². The molecule has 0 saturated heterocycles. The second-order valence-corrected chi connectivity index (χ2v) is 7.68. The molecule has 0 unspecified atom stereocenters. The molecule has 7 nitrogen and oxygen atoms in total. The lowest BCUT2D eigenvalue weighted by Crippen LogP contribution is -2.34. The minimum atomic E-state index is -0.587. The summed E-state index contributed by atoms with van der Waals surface area (Å²) in [5.41, 5.74) is 2.48. The predicted octanol–water partition coefficient (Wildman–Crippen LogP) is 4.68. The summed E-state index contributed by atoms with van der Waals surface area (Å²) < 4.78 is 16.8. The average molecular weight is 429 g/mol. The zero-order valence-electron chi connectivity index (χ0n) is 17.0. The highest BCUT2D eigenvalue weighted by Gasteiger charge is 2.19. The Bertz CT molecular complexity index is 971. The molecule has 2 aromatic carbocycles. The van der Waals surface area contributed by atoms with Crippen molar-refractivity contribution in [2.24, 2.45) is 0 Å². The van der Waals surface area contributed by atoms with Gasteiger partial charge in [0.1, 0.15) is 5.01 Å². The zero-order valence-corrected chi connectivity index (χ0v) is 17.8. The lowest BCUT2D eigenvalue weighted by atomic mass is 10.2. The first kappa shape index (κ1) is 21.7. The minimum absolute atomic E-state index is 0.197. The number of hydrogen-bond donors (Lipinski definition) is 0. The first-order valence-electron chi connectivity index (χ1n) is 9.57. The number of thiazole rings is 1. The number of para-hydroxylation sites is 2. The molecule has 1 amide bonds. The van der Waals surface area contributed by atoms with Gasteiger partial charge in [-0.1, -0.05) is 30.3 Å². The van der Waals surface area contributed by atoms with Gasteiger partial charge in [0.05, 0.1) is 29.6 Å². The molecule has 8 heteroatoms. The highest BCUT2D eigenvalue weighted by atomic mass is 32.1. The number of carbonyl (C=O) groups is 2. The summed E-state index contributed by atoms with van der Waals surface area (Å²) in [5.74, 6) is -0.402. The Morgan fingerprint density at radius 1 is 1.10 bits per heavy atom. The van der Waals surface area contributed by atoms with Crippen molar-refractivity contribution in [1.29, 1.82) is 0 Å². The van der Waals surface area contributed by atoms with Crippen LogP contribution in [0.4, 0.5) is 10.5 Å². The van der Waals surface area contributed by atoms with Crippen molar-refractivity contribution in [3.8, 4) is 0 Å². The Morgan fingerprint density at radius 2 is 1.87 bits per heavy atom. The van der Waals surface area contributed by atoms with Crippen molar-refractivity contribution < 1.29 is 23.8 Å². The molecule has 0 aliphatic rings. The van der Waals surface area contributed by atoms with E-state index in [4.69, 9.17) is 14.2 Å². The fourth-order valence-corrected chi connectivity index (χ4v) is 3.77. The lowest BCUT2D eigenvalue weighted by Gasteiger charge is -2.22. The molecule has 0 fully saturated rings. The van der Waals surface area contributed by atoms with Gasteiger partial charge in [0.15, 0.2) is 6.73 Å². The van der Waals surface area contributed by atoms with Crippen LogP contribution >= 0.6 is 11.3 Å². The highest BCUT2D eigenvalue weighted by molar-refractivity contribution is 7.18. The van der Waals surface area contributed by atoms with E-state index in [-0.39, 0.29) is 13.2 Å². The van der Waals surface area contributed by atoms with Crippen LogP contribution in [0.1, 0.15) is 23.4 Å². The van der Waals surface area contributed by atoms with E-state index in [9.17, 15) is 9.59 Å². The maximum Gasteiger partial charge on any atom is 0.416 e. The number of aryl methyl sites for hydroxylation is 1. The Hall–Kier alpha value is -2.97. The van der Waals surface area contributed by atoms with Crippen LogP contribution in [0.3, 0.4) is 0 Å². The van der Waals surface area contributed by atoms with E-state index < -0.39 is 12.1 Å². The van der Waals surface area contributed by atoms with E-state index in [0.717, 1.165) is 20.8 Å². The van der Waals surface area contributed by atoms with Gasteiger partial charge in [-0.25, -0.2) is 14.7 Å². The molecule has 158 valence electrons. The van der Waals surface area contributed by atoms with Crippen LogP contribution in [0.5, 0.6) is 0 Å². The first-order valence-corrected chi connectivity index (χ1v) is 10.4. The van der Waals surface area contributed by atoms with Crippen LogP contribution in [0.15, 0.2) is 48.5 Å². The van der Waals surface area contributed by atoms with Crippen LogP contribution < -0.4 is 4.90 Å². The van der Waals surface area contributed by atoms with Gasteiger partial charge >= 0.3 is 12.1 Å². The van der Waals surface area contributed by atoms with Gasteiger partial charge < -0.3 is 14.2 Å². The van der Waals surface area contributed by atoms with Gasteiger partial charge in [-0.15, -0.1) is 11.3 Å². The molecule has 0 aliphatic carbocycles.